The average molecular weight is 574 g/mol. The first kappa shape index (κ1) is 25.7. The van der Waals surface area contributed by atoms with Crippen LogP contribution in [0, 0.1) is 0 Å². The second kappa shape index (κ2) is 9.59. The first-order valence-corrected chi connectivity index (χ1v) is 12.7. The van der Waals surface area contributed by atoms with Crippen LogP contribution in [-0.2, 0) is 26.4 Å². The summed E-state index contributed by atoms with van der Waals surface area (Å²) in [6, 6.07) is 6.35. The van der Waals surface area contributed by atoms with Crippen LogP contribution in [0.3, 0.4) is 0 Å². The van der Waals surface area contributed by atoms with Gasteiger partial charge in [0.15, 0.2) is 10.6 Å². The van der Waals surface area contributed by atoms with Crippen molar-refractivity contribution in [3.63, 3.8) is 0 Å². The van der Waals surface area contributed by atoms with Gasteiger partial charge in [-0.05, 0) is 54.3 Å². The standard InChI is InChI=1S/C21H15Cl4F3N2O3S/c22-13-5-10(1-4-17(13)34(32)9-18(31)29-12-2-3-12)16-8-20(33-30-16,21(26,27)28)11-6-14(23)19(25)15(24)7-11/h1,4-7,12H,2-3,8-9H2,(H,29,31)/t20-,34?/m0/s1. The number of amides is 1. The van der Waals surface area contributed by atoms with Crippen molar-refractivity contribution in [2.45, 2.75) is 42.0 Å². The van der Waals surface area contributed by atoms with Crippen LogP contribution in [0.25, 0.3) is 0 Å². The smallest absolute Gasteiger partial charge is 0.435 e. The summed E-state index contributed by atoms with van der Waals surface area (Å²) in [5.74, 6) is -0.626. The monoisotopic (exact) mass is 572 g/mol. The van der Waals surface area contributed by atoms with Crippen LogP contribution in [0.2, 0.25) is 20.1 Å². The van der Waals surface area contributed by atoms with Gasteiger partial charge < -0.3 is 14.7 Å². The number of nitrogens with zero attached hydrogens (tertiary/aromatic N) is 1. The third-order valence-electron chi connectivity index (χ3n) is 5.35. The van der Waals surface area contributed by atoms with Crippen molar-refractivity contribution in [1.82, 2.24) is 5.32 Å². The highest BCUT2D eigenvalue weighted by molar-refractivity contribution is 7.92. The molecule has 0 aromatic heterocycles. The Morgan fingerprint density at radius 1 is 1.15 bits per heavy atom. The van der Waals surface area contributed by atoms with Crippen LogP contribution in [0.15, 0.2) is 40.4 Å². The van der Waals surface area contributed by atoms with Crippen molar-refractivity contribution in [2.75, 3.05) is 5.75 Å². The van der Waals surface area contributed by atoms with Gasteiger partial charge >= 0.3 is 6.18 Å². The zero-order chi connectivity index (χ0) is 24.8. The van der Waals surface area contributed by atoms with Crippen LogP contribution < -0.4 is 5.32 Å². The molecule has 13 heteroatoms. The molecule has 0 spiro atoms. The fraction of sp³-hybridized carbons (Fsp3) is 0.333. The second-order valence-corrected chi connectivity index (χ2v) is 10.9. The molecule has 1 N–H and O–H groups in total. The lowest BCUT2D eigenvalue weighted by molar-refractivity contribution is -0.275. The van der Waals surface area contributed by atoms with Crippen molar-refractivity contribution in [2.24, 2.45) is 5.16 Å². The minimum absolute atomic E-state index is 0.0276. The molecule has 34 heavy (non-hydrogen) atoms. The van der Waals surface area contributed by atoms with Gasteiger partial charge in [0, 0.05) is 23.6 Å². The van der Waals surface area contributed by atoms with E-state index in [0.29, 0.717) is 0 Å². The van der Waals surface area contributed by atoms with Crippen LogP contribution in [0.4, 0.5) is 13.2 Å². The number of oxime groups is 1. The Kier molecular flexibility index (Phi) is 7.26. The van der Waals surface area contributed by atoms with Gasteiger partial charge in [0.1, 0.15) is 0 Å². The molecule has 1 unspecified atom stereocenters. The molecule has 0 radical (unpaired) electrons. The number of halogens is 7. The lowest BCUT2D eigenvalue weighted by atomic mass is 9.86. The molecule has 2 aromatic rings. The zero-order valence-corrected chi connectivity index (χ0v) is 20.9. The van der Waals surface area contributed by atoms with Gasteiger partial charge in [-0.15, -0.1) is 0 Å². The molecule has 2 atom stereocenters. The number of benzene rings is 2. The van der Waals surface area contributed by atoms with E-state index in [-0.39, 0.29) is 59.5 Å². The highest BCUT2D eigenvalue weighted by Gasteiger charge is 2.62. The Bertz CT molecular complexity index is 1150. The van der Waals surface area contributed by atoms with Gasteiger partial charge in [-0.1, -0.05) is 51.6 Å². The molecule has 1 fully saturated rings. The molecule has 182 valence electrons. The largest absolute Gasteiger partial charge is 0.611 e. The number of hydrogen-bond acceptors (Lipinski definition) is 4. The third-order valence-corrected chi connectivity index (χ3v) is 8.34. The van der Waals surface area contributed by atoms with Crippen molar-refractivity contribution in [3.05, 3.63) is 61.5 Å². The van der Waals surface area contributed by atoms with Gasteiger partial charge in [-0.2, -0.15) is 13.2 Å². The normalized spacial score (nSPS) is 21.1. The number of rotatable bonds is 6. The molecule has 1 aliphatic carbocycles. The van der Waals surface area contributed by atoms with E-state index in [2.05, 4.69) is 10.5 Å². The van der Waals surface area contributed by atoms with Gasteiger partial charge in [0.25, 0.3) is 11.5 Å². The predicted octanol–water partition coefficient (Wildman–Crippen LogP) is 6.27. The van der Waals surface area contributed by atoms with E-state index in [0.717, 1.165) is 25.0 Å². The molecule has 0 saturated heterocycles. The van der Waals surface area contributed by atoms with E-state index in [4.69, 9.17) is 51.2 Å². The molecule has 1 heterocycles. The highest BCUT2D eigenvalue weighted by Crippen LogP contribution is 2.50. The molecule has 2 aliphatic rings. The van der Waals surface area contributed by atoms with Crippen LogP contribution in [-0.4, -0.2) is 34.1 Å². The number of alkyl halides is 3. The Balaban J connectivity index is 1.57. The number of nitrogens with one attached hydrogen (secondary N) is 1. The summed E-state index contributed by atoms with van der Waals surface area (Å²) in [6.45, 7) is 0. The van der Waals surface area contributed by atoms with E-state index in [1.54, 1.807) is 0 Å². The third kappa shape index (κ3) is 5.10. The average Bonchev–Trinajstić information content (AvgIpc) is 3.43. The van der Waals surface area contributed by atoms with E-state index in [1.165, 1.54) is 18.2 Å². The Morgan fingerprint density at radius 3 is 2.35 bits per heavy atom. The predicted molar refractivity (Wildman–Crippen MR) is 125 cm³/mol. The van der Waals surface area contributed by atoms with Crippen molar-refractivity contribution >= 4 is 69.2 Å². The Hall–Kier alpha value is -1.36. The summed E-state index contributed by atoms with van der Waals surface area (Å²) in [6.07, 6.45) is -3.77. The number of carbonyl (C=O) groups is 1. The van der Waals surface area contributed by atoms with E-state index in [1.807, 2.05) is 0 Å². The van der Waals surface area contributed by atoms with E-state index < -0.39 is 29.4 Å². The van der Waals surface area contributed by atoms with Gasteiger partial charge in [-0.25, -0.2) is 0 Å². The minimum atomic E-state index is -4.88. The molecule has 1 saturated carbocycles. The molecule has 5 nitrogen and oxygen atoms in total. The SMILES string of the molecule is O=C(C[S+]([O-])c1ccc(C2=NO[C@@](c3cc(Cl)c(Cl)c(Cl)c3)(C(F)(F)F)C2)cc1Cl)NC1CC1. The first-order chi connectivity index (χ1) is 15.9. The first-order valence-electron chi connectivity index (χ1n) is 9.86. The molecule has 2 aromatic carbocycles. The quantitative estimate of drug-likeness (QED) is 0.327. The maximum Gasteiger partial charge on any atom is 0.435 e. The highest BCUT2D eigenvalue weighted by atomic mass is 35.5. The minimum Gasteiger partial charge on any atom is -0.611 e. The van der Waals surface area contributed by atoms with Crippen molar-refractivity contribution in [1.29, 1.82) is 0 Å². The summed E-state index contributed by atoms with van der Waals surface area (Å²) in [5, 5.41) is 6.03. The summed E-state index contributed by atoms with van der Waals surface area (Å²) >= 11 is 22.3. The Labute approximate surface area is 215 Å². The van der Waals surface area contributed by atoms with Gasteiger partial charge in [0.05, 0.1) is 25.8 Å². The second-order valence-electron chi connectivity index (χ2n) is 7.86. The van der Waals surface area contributed by atoms with Crippen molar-refractivity contribution in [3.8, 4) is 0 Å². The molecular formula is C21H15Cl4F3N2O3S. The molecular weight excluding hydrogens is 559 g/mol. The Morgan fingerprint density at radius 2 is 1.79 bits per heavy atom. The molecule has 0 bridgehead atoms. The van der Waals surface area contributed by atoms with E-state index in [9.17, 15) is 22.5 Å². The lowest BCUT2D eigenvalue weighted by Crippen LogP contribution is -2.42. The summed E-state index contributed by atoms with van der Waals surface area (Å²) in [5.41, 5.74) is -2.99. The summed E-state index contributed by atoms with van der Waals surface area (Å²) < 4.78 is 55.1. The zero-order valence-electron chi connectivity index (χ0n) is 17.0. The molecule has 1 aliphatic heterocycles. The number of carbonyl (C=O) groups excluding carboxylic acids is 1. The molecule has 1 amide bonds. The summed E-state index contributed by atoms with van der Waals surface area (Å²) in [4.78, 5) is 17.1. The van der Waals surface area contributed by atoms with Crippen molar-refractivity contribution < 1.29 is 27.4 Å². The topological polar surface area (TPSA) is 73.8 Å². The lowest BCUT2D eigenvalue weighted by Gasteiger charge is -2.30. The van der Waals surface area contributed by atoms with Gasteiger partial charge in [-0.3, -0.25) is 4.79 Å². The van der Waals surface area contributed by atoms with Crippen LogP contribution >= 0.6 is 46.4 Å². The fourth-order valence-electron chi connectivity index (χ4n) is 3.41. The molecule has 4 rings (SSSR count). The van der Waals surface area contributed by atoms with Crippen LogP contribution in [0.5, 0.6) is 0 Å². The van der Waals surface area contributed by atoms with Crippen LogP contribution in [0.1, 0.15) is 30.4 Å². The summed E-state index contributed by atoms with van der Waals surface area (Å²) in [7, 11) is 0. The van der Waals surface area contributed by atoms with E-state index >= 15 is 0 Å². The number of hydrogen-bond donors (Lipinski definition) is 1. The van der Waals surface area contributed by atoms with Gasteiger partial charge in [0.2, 0.25) is 0 Å². The maximum atomic E-state index is 14.2. The maximum absolute atomic E-state index is 14.2. The fourth-order valence-corrected chi connectivity index (χ4v) is 5.41.